The highest BCUT2D eigenvalue weighted by Gasteiger charge is 2.42. The molecular weight excluding hydrogens is 377 g/mol. The Balaban J connectivity index is 1.39. The van der Waals surface area contributed by atoms with Crippen LogP contribution >= 0.6 is 0 Å². The van der Waals surface area contributed by atoms with Gasteiger partial charge < -0.3 is 9.26 Å². The van der Waals surface area contributed by atoms with Crippen molar-refractivity contribution >= 4 is 18.2 Å². The van der Waals surface area contributed by atoms with Gasteiger partial charge in [-0.1, -0.05) is 23.4 Å². The second-order valence-electron chi connectivity index (χ2n) is 7.95. The number of halogens is 1. The van der Waals surface area contributed by atoms with Crippen molar-refractivity contribution in [2.24, 2.45) is 4.99 Å². The lowest BCUT2D eigenvalue weighted by molar-refractivity contribution is -0.0207. The zero-order chi connectivity index (χ0) is 19.8. The van der Waals surface area contributed by atoms with E-state index in [2.05, 4.69) is 20.1 Å². The van der Waals surface area contributed by atoms with Crippen molar-refractivity contribution in [3.05, 3.63) is 47.9 Å². The summed E-state index contributed by atoms with van der Waals surface area (Å²) < 4.78 is 27.5. The largest absolute Gasteiger partial charge is 0.364 e. The van der Waals surface area contributed by atoms with Crippen LogP contribution in [0.4, 0.5) is 16.2 Å². The van der Waals surface area contributed by atoms with Crippen molar-refractivity contribution < 1.29 is 13.7 Å². The molecule has 0 bridgehead atoms. The highest BCUT2D eigenvalue weighted by atomic mass is 19.1. The Morgan fingerprint density at radius 3 is 2.93 bits per heavy atom. The number of hydrazine groups is 1. The number of para-hydroxylation sites is 1. The zero-order valence-electron chi connectivity index (χ0n) is 15.9. The number of aromatic nitrogens is 4. The average Bonchev–Trinajstić information content (AvgIpc) is 3.46. The van der Waals surface area contributed by atoms with E-state index in [-0.39, 0.29) is 23.9 Å². The molecule has 9 nitrogen and oxygen atoms in total. The van der Waals surface area contributed by atoms with E-state index < -0.39 is 6.08 Å². The Morgan fingerprint density at radius 1 is 1.24 bits per heavy atom. The standard InChI is InChI=1S/C19H18FN7O2/c1-19(2)8-7-13(28-19)15-23-18(29-24-15)25-10-22-16-11-5-3-4-6-12(11)26-14(27(16)25)9-21-17(26)20/h3-6,9-10,13,16H,7-8H2,1-2H3. The molecule has 1 saturated heterocycles. The summed E-state index contributed by atoms with van der Waals surface area (Å²) in [5.41, 5.74) is 1.37. The molecule has 0 amide bonds. The Labute approximate surface area is 165 Å². The summed E-state index contributed by atoms with van der Waals surface area (Å²) in [7, 11) is 0. The number of benzene rings is 1. The molecule has 5 heterocycles. The van der Waals surface area contributed by atoms with Crippen LogP contribution in [0.15, 0.2) is 40.0 Å². The van der Waals surface area contributed by atoms with Gasteiger partial charge in [0.25, 0.3) is 6.08 Å². The number of ether oxygens (including phenoxy) is 1. The van der Waals surface area contributed by atoms with Crippen LogP contribution in [0.2, 0.25) is 0 Å². The lowest BCUT2D eigenvalue weighted by atomic mass is 10.1. The molecule has 0 spiro atoms. The first-order valence-corrected chi connectivity index (χ1v) is 9.47. The van der Waals surface area contributed by atoms with Gasteiger partial charge in [-0.05, 0) is 32.8 Å². The molecule has 1 aromatic carbocycles. The van der Waals surface area contributed by atoms with Crippen molar-refractivity contribution in [2.75, 3.05) is 10.0 Å². The quantitative estimate of drug-likeness (QED) is 0.658. The summed E-state index contributed by atoms with van der Waals surface area (Å²) in [5.74, 6) is 1.03. The zero-order valence-corrected chi connectivity index (χ0v) is 15.9. The molecule has 3 aromatic rings. The van der Waals surface area contributed by atoms with E-state index in [1.54, 1.807) is 16.4 Å². The molecule has 0 saturated carbocycles. The van der Waals surface area contributed by atoms with E-state index in [0.29, 0.717) is 17.3 Å². The fourth-order valence-corrected chi connectivity index (χ4v) is 4.18. The van der Waals surface area contributed by atoms with Crippen LogP contribution in [0.3, 0.4) is 0 Å². The van der Waals surface area contributed by atoms with Gasteiger partial charge in [-0.2, -0.15) is 14.4 Å². The normalized spacial score (nSPS) is 24.0. The molecule has 2 aromatic heterocycles. The number of aliphatic imine (C=N–C) groups is 1. The van der Waals surface area contributed by atoms with Crippen LogP contribution in [-0.2, 0) is 4.74 Å². The van der Waals surface area contributed by atoms with Gasteiger partial charge in [0.15, 0.2) is 12.0 Å². The third-order valence-corrected chi connectivity index (χ3v) is 5.56. The molecule has 3 aliphatic heterocycles. The fraction of sp³-hybridized carbons (Fsp3) is 0.368. The van der Waals surface area contributed by atoms with E-state index in [1.165, 1.54) is 10.8 Å². The van der Waals surface area contributed by atoms with Crippen LogP contribution in [0.5, 0.6) is 0 Å². The van der Waals surface area contributed by atoms with Gasteiger partial charge in [0, 0.05) is 5.56 Å². The molecule has 0 aliphatic carbocycles. The van der Waals surface area contributed by atoms with Gasteiger partial charge in [0.2, 0.25) is 5.82 Å². The molecule has 2 atom stereocenters. The third kappa shape index (κ3) is 2.35. The fourth-order valence-electron chi connectivity index (χ4n) is 4.18. The van der Waals surface area contributed by atoms with Gasteiger partial charge in [-0.25, -0.2) is 15.0 Å². The Morgan fingerprint density at radius 2 is 2.10 bits per heavy atom. The average molecular weight is 395 g/mol. The molecule has 0 N–H and O–H groups in total. The van der Waals surface area contributed by atoms with Crippen LogP contribution < -0.4 is 10.0 Å². The molecule has 29 heavy (non-hydrogen) atoms. The number of imidazole rings is 1. The number of nitrogens with zero attached hydrogens (tertiary/aromatic N) is 7. The summed E-state index contributed by atoms with van der Waals surface area (Å²) in [6, 6.07) is 7.78. The number of rotatable bonds is 2. The molecule has 3 aliphatic rings. The Kier molecular flexibility index (Phi) is 3.24. The molecule has 2 unspecified atom stereocenters. The summed E-state index contributed by atoms with van der Waals surface area (Å²) in [5, 5.41) is 7.53. The van der Waals surface area contributed by atoms with Gasteiger partial charge >= 0.3 is 6.01 Å². The lowest BCUT2D eigenvalue weighted by Gasteiger charge is -2.35. The molecule has 6 rings (SSSR count). The minimum Gasteiger partial charge on any atom is -0.364 e. The minimum absolute atomic E-state index is 0.202. The highest BCUT2D eigenvalue weighted by Crippen LogP contribution is 2.44. The van der Waals surface area contributed by atoms with E-state index in [0.717, 1.165) is 18.4 Å². The maximum absolute atomic E-state index is 14.5. The van der Waals surface area contributed by atoms with E-state index in [1.807, 2.05) is 38.1 Å². The Hall–Kier alpha value is -3.27. The smallest absolute Gasteiger partial charge is 0.348 e. The van der Waals surface area contributed by atoms with E-state index >= 15 is 0 Å². The topological polar surface area (TPSA) is 84.8 Å². The summed E-state index contributed by atoms with van der Waals surface area (Å²) in [6.07, 6.45) is 3.67. The second kappa shape index (κ2) is 5.63. The molecule has 148 valence electrons. The van der Waals surface area contributed by atoms with Gasteiger partial charge in [-0.15, -0.1) is 0 Å². The molecule has 0 radical (unpaired) electrons. The predicted molar refractivity (Wildman–Crippen MR) is 101 cm³/mol. The number of hydrogen-bond acceptors (Lipinski definition) is 8. The first kappa shape index (κ1) is 16.7. The number of anilines is 2. The maximum Gasteiger partial charge on any atom is 0.348 e. The van der Waals surface area contributed by atoms with Crippen LogP contribution in [0, 0.1) is 6.08 Å². The first-order chi connectivity index (χ1) is 14.0. The van der Waals surface area contributed by atoms with Crippen molar-refractivity contribution in [1.82, 2.24) is 19.7 Å². The van der Waals surface area contributed by atoms with Gasteiger partial charge in [-0.3, -0.25) is 4.57 Å². The van der Waals surface area contributed by atoms with E-state index in [4.69, 9.17) is 9.26 Å². The SMILES string of the molecule is CC1(C)CCC(c2noc(N3C=NC4c5ccccc5-n5c(cnc5F)N43)n2)O1. The number of hydrogen-bond donors (Lipinski definition) is 0. The molecule has 10 heteroatoms. The van der Waals surface area contributed by atoms with Crippen molar-refractivity contribution in [3.8, 4) is 5.69 Å². The summed E-state index contributed by atoms with van der Waals surface area (Å²) in [6.45, 7) is 4.10. The van der Waals surface area contributed by atoms with Crippen LogP contribution in [0.1, 0.15) is 50.3 Å². The Bertz CT molecular complexity index is 1140. The van der Waals surface area contributed by atoms with E-state index in [9.17, 15) is 4.39 Å². The highest BCUT2D eigenvalue weighted by molar-refractivity contribution is 5.84. The van der Waals surface area contributed by atoms with Gasteiger partial charge in [0.1, 0.15) is 12.4 Å². The summed E-state index contributed by atoms with van der Waals surface area (Å²) in [4.78, 5) is 13.0. The minimum atomic E-state index is -0.592. The van der Waals surface area contributed by atoms with Crippen molar-refractivity contribution in [1.29, 1.82) is 0 Å². The van der Waals surface area contributed by atoms with Crippen molar-refractivity contribution in [3.63, 3.8) is 0 Å². The van der Waals surface area contributed by atoms with Crippen molar-refractivity contribution in [2.45, 2.75) is 44.6 Å². The maximum atomic E-state index is 14.5. The molecule has 1 fully saturated rings. The monoisotopic (exact) mass is 395 g/mol. The summed E-state index contributed by atoms with van der Waals surface area (Å²) >= 11 is 0. The van der Waals surface area contributed by atoms with Gasteiger partial charge in [0.05, 0.1) is 17.5 Å². The lowest BCUT2D eigenvalue weighted by Crippen LogP contribution is -2.43. The van der Waals surface area contributed by atoms with Crippen LogP contribution in [0.25, 0.3) is 5.69 Å². The second-order valence-corrected chi connectivity index (χ2v) is 7.95. The third-order valence-electron chi connectivity index (χ3n) is 5.56. The number of fused-ring (bicyclic) bond motifs is 6. The van der Waals surface area contributed by atoms with Crippen LogP contribution in [-0.4, -0.2) is 31.6 Å². The molecular formula is C19H18FN7O2. The first-order valence-electron chi connectivity index (χ1n) is 9.47. The predicted octanol–water partition coefficient (Wildman–Crippen LogP) is 3.31.